The van der Waals surface area contributed by atoms with Crippen molar-refractivity contribution in [2.24, 2.45) is 0 Å². The van der Waals surface area contributed by atoms with Gasteiger partial charge in [-0.1, -0.05) is 6.07 Å². The van der Waals surface area contributed by atoms with Crippen LogP contribution in [-0.2, 0) is 19.4 Å². The van der Waals surface area contributed by atoms with Gasteiger partial charge >= 0.3 is 5.97 Å². The van der Waals surface area contributed by atoms with E-state index in [0.29, 0.717) is 11.4 Å². The fourth-order valence-corrected chi connectivity index (χ4v) is 3.18. The predicted octanol–water partition coefficient (Wildman–Crippen LogP) is 2.26. The molecule has 0 unspecified atom stereocenters. The highest BCUT2D eigenvalue weighted by molar-refractivity contribution is 7.15. The smallest absolute Gasteiger partial charge is 0.345 e. The highest BCUT2D eigenvalue weighted by atomic mass is 32.1. The SMILES string of the molecule is O=C(O)c1ccc(C(=O)NCc2cnc3c(c2)CCC3)s1. The lowest BCUT2D eigenvalue weighted by Crippen LogP contribution is -2.22. The Balaban J connectivity index is 1.64. The van der Waals surface area contributed by atoms with Crippen molar-refractivity contribution in [3.8, 4) is 0 Å². The third-order valence-electron chi connectivity index (χ3n) is 3.47. The van der Waals surface area contributed by atoms with Crippen molar-refractivity contribution in [2.45, 2.75) is 25.8 Å². The maximum atomic E-state index is 12.0. The minimum absolute atomic E-state index is 0.166. The van der Waals surface area contributed by atoms with Crippen molar-refractivity contribution in [1.29, 1.82) is 0 Å². The Morgan fingerprint density at radius 2 is 2.10 bits per heavy atom. The fourth-order valence-electron chi connectivity index (χ4n) is 2.42. The molecule has 0 bridgehead atoms. The van der Waals surface area contributed by atoms with Gasteiger partial charge in [-0.2, -0.15) is 0 Å². The molecule has 108 valence electrons. The molecule has 0 aromatic carbocycles. The summed E-state index contributed by atoms with van der Waals surface area (Å²) in [4.78, 5) is 27.7. The maximum Gasteiger partial charge on any atom is 0.345 e. The van der Waals surface area contributed by atoms with Crippen molar-refractivity contribution in [2.75, 3.05) is 0 Å². The van der Waals surface area contributed by atoms with Crippen LogP contribution >= 0.6 is 11.3 Å². The van der Waals surface area contributed by atoms with E-state index in [4.69, 9.17) is 5.11 Å². The number of rotatable bonds is 4. The number of aryl methyl sites for hydroxylation is 2. The van der Waals surface area contributed by atoms with Gasteiger partial charge in [0.25, 0.3) is 5.91 Å². The molecule has 6 heteroatoms. The molecule has 0 spiro atoms. The zero-order valence-corrected chi connectivity index (χ0v) is 12.1. The van der Waals surface area contributed by atoms with Crippen LogP contribution in [0.5, 0.6) is 0 Å². The molecule has 0 fully saturated rings. The Hall–Kier alpha value is -2.21. The van der Waals surface area contributed by atoms with Gasteiger partial charge in [-0.15, -0.1) is 11.3 Å². The van der Waals surface area contributed by atoms with Gasteiger partial charge in [-0.25, -0.2) is 4.79 Å². The van der Waals surface area contributed by atoms with Gasteiger partial charge < -0.3 is 10.4 Å². The number of nitrogens with zero attached hydrogens (tertiary/aromatic N) is 1. The molecule has 21 heavy (non-hydrogen) atoms. The fraction of sp³-hybridized carbons (Fsp3) is 0.267. The predicted molar refractivity (Wildman–Crippen MR) is 78.7 cm³/mol. The number of aromatic carboxylic acids is 1. The summed E-state index contributed by atoms with van der Waals surface area (Å²) in [6, 6.07) is 5.07. The molecule has 2 heterocycles. The molecule has 0 atom stereocenters. The molecule has 1 aliphatic rings. The van der Waals surface area contributed by atoms with Crippen LogP contribution in [-0.4, -0.2) is 22.0 Å². The Kier molecular flexibility index (Phi) is 3.70. The number of hydrogen-bond acceptors (Lipinski definition) is 4. The summed E-state index contributed by atoms with van der Waals surface area (Å²) in [7, 11) is 0. The molecule has 2 N–H and O–H groups in total. The number of carboxylic acid groups (broad SMARTS) is 1. The minimum atomic E-state index is -1.01. The standard InChI is InChI=1S/C15H14N2O3S/c18-14(12-4-5-13(21-12)15(19)20)17-8-9-6-10-2-1-3-11(10)16-7-9/h4-7H,1-3,8H2,(H,17,18)(H,19,20). The van der Waals surface area contributed by atoms with Crippen LogP contribution < -0.4 is 5.32 Å². The largest absolute Gasteiger partial charge is 0.477 e. The van der Waals surface area contributed by atoms with E-state index in [0.717, 1.165) is 41.9 Å². The van der Waals surface area contributed by atoms with Crippen molar-refractivity contribution >= 4 is 23.2 Å². The van der Waals surface area contributed by atoms with Gasteiger partial charge in [0.2, 0.25) is 0 Å². The molecular weight excluding hydrogens is 288 g/mol. The van der Waals surface area contributed by atoms with Crippen LogP contribution in [0.1, 0.15) is 42.6 Å². The lowest BCUT2D eigenvalue weighted by Gasteiger charge is -2.05. The Bertz CT molecular complexity index is 709. The maximum absolute atomic E-state index is 12.0. The van der Waals surface area contributed by atoms with Crippen LogP contribution in [0, 0.1) is 0 Å². The molecule has 5 nitrogen and oxygen atoms in total. The van der Waals surface area contributed by atoms with Crippen molar-refractivity contribution < 1.29 is 14.7 Å². The van der Waals surface area contributed by atoms with Crippen molar-refractivity contribution in [3.63, 3.8) is 0 Å². The van der Waals surface area contributed by atoms with E-state index >= 15 is 0 Å². The molecular formula is C15H14N2O3S. The molecule has 0 saturated carbocycles. The van der Waals surface area contributed by atoms with Gasteiger partial charge in [0.1, 0.15) is 4.88 Å². The first-order chi connectivity index (χ1) is 10.1. The average molecular weight is 302 g/mol. The first-order valence-corrected chi connectivity index (χ1v) is 7.53. The Morgan fingerprint density at radius 1 is 1.29 bits per heavy atom. The second-order valence-electron chi connectivity index (χ2n) is 4.95. The minimum Gasteiger partial charge on any atom is -0.477 e. The highest BCUT2D eigenvalue weighted by Gasteiger charge is 2.14. The third-order valence-corrected chi connectivity index (χ3v) is 4.54. The number of fused-ring (bicyclic) bond motifs is 1. The molecule has 1 amide bonds. The third kappa shape index (κ3) is 2.95. The Morgan fingerprint density at radius 3 is 2.86 bits per heavy atom. The molecule has 0 radical (unpaired) electrons. The number of aromatic nitrogens is 1. The number of carbonyl (C=O) groups excluding carboxylic acids is 1. The lowest BCUT2D eigenvalue weighted by molar-refractivity contribution is 0.0702. The summed E-state index contributed by atoms with van der Waals surface area (Å²) < 4.78 is 0. The van der Waals surface area contributed by atoms with Crippen LogP contribution in [0.2, 0.25) is 0 Å². The average Bonchev–Trinajstić information content (AvgIpc) is 3.12. The van der Waals surface area contributed by atoms with Crippen LogP contribution in [0.15, 0.2) is 24.4 Å². The second kappa shape index (κ2) is 5.65. The van der Waals surface area contributed by atoms with Gasteiger partial charge in [-0.3, -0.25) is 9.78 Å². The molecule has 3 rings (SSSR count). The zero-order valence-electron chi connectivity index (χ0n) is 11.3. The first-order valence-electron chi connectivity index (χ1n) is 6.71. The monoisotopic (exact) mass is 302 g/mol. The molecule has 0 aliphatic heterocycles. The number of pyridine rings is 1. The number of thiophene rings is 1. The second-order valence-corrected chi connectivity index (χ2v) is 6.04. The molecule has 2 aromatic heterocycles. The van der Waals surface area contributed by atoms with Gasteiger partial charge in [0.05, 0.1) is 4.88 Å². The summed E-state index contributed by atoms with van der Waals surface area (Å²) in [5.41, 5.74) is 3.40. The lowest BCUT2D eigenvalue weighted by atomic mass is 10.1. The first kappa shape index (κ1) is 13.8. The van der Waals surface area contributed by atoms with E-state index in [-0.39, 0.29) is 10.8 Å². The summed E-state index contributed by atoms with van der Waals surface area (Å²) in [5.74, 6) is -1.27. The number of hydrogen-bond donors (Lipinski definition) is 2. The molecule has 1 aliphatic carbocycles. The normalized spacial score (nSPS) is 13.0. The van der Waals surface area contributed by atoms with E-state index in [1.54, 1.807) is 6.20 Å². The van der Waals surface area contributed by atoms with Crippen LogP contribution in [0.25, 0.3) is 0 Å². The van der Waals surface area contributed by atoms with E-state index in [9.17, 15) is 9.59 Å². The van der Waals surface area contributed by atoms with Crippen molar-refractivity contribution in [1.82, 2.24) is 10.3 Å². The number of nitrogens with one attached hydrogen (secondary N) is 1. The van der Waals surface area contributed by atoms with E-state index in [1.807, 2.05) is 0 Å². The van der Waals surface area contributed by atoms with E-state index in [2.05, 4.69) is 16.4 Å². The number of carboxylic acids is 1. The number of amides is 1. The zero-order chi connectivity index (χ0) is 14.8. The van der Waals surface area contributed by atoms with Gasteiger partial charge in [0.15, 0.2) is 0 Å². The summed E-state index contributed by atoms with van der Waals surface area (Å²) in [6.07, 6.45) is 5.03. The topological polar surface area (TPSA) is 79.3 Å². The quantitative estimate of drug-likeness (QED) is 0.908. The van der Waals surface area contributed by atoms with Crippen molar-refractivity contribution in [3.05, 3.63) is 51.0 Å². The van der Waals surface area contributed by atoms with Gasteiger partial charge in [0, 0.05) is 18.4 Å². The van der Waals surface area contributed by atoms with E-state index in [1.165, 1.54) is 17.7 Å². The molecule has 0 saturated heterocycles. The van der Waals surface area contributed by atoms with Gasteiger partial charge in [-0.05, 0) is 42.5 Å². The highest BCUT2D eigenvalue weighted by Crippen LogP contribution is 2.20. The summed E-state index contributed by atoms with van der Waals surface area (Å²) >= 11 is 0.977. The van der Waals surface area contributed by atoms with E-state index < -0.39 is 5.97 Å². The summed E-state index contributed by atoms with van der Waals surface area (Å²) in [5, 5.41) is 11.6. The summed E-state index contributed by atoms with van der Waals surface area (Å²) in [6.45, 7) is 0.402. The van der Waals surface area contributed by atoms with Crippen LogP contribution in [0.4, 0.5) is 0 Å². The Labute approximate surface area is 125 Å². The van der Waals surface area contributed by atoms with Crippen LogP contribution in [0.3, 0.4) is 0 Å². The number of carbonyl (C=O) groups is 2. The molecule has 2 aromatic rings.